The molecule has 0 fully saturated rings. The highest BCUT2D eigenvalue weighted by Crippen LogP contribution is 2.12. The molecule has 0 radical (unpaired) electrons. The fraction of sp³-hybridized carbons (Fsp3) is 1.00. The highest BCUT2D eigenvalue weighted by atomic mass is 16.5. The van der Waals surface area contributed by atoms with E-state index in [1.165, 1.54) is 0 Å². The molecule has 14 nitrogen and oxygen atoms in total. The van der Waals surface area contributed by atoms with Crippen LogP contribution in [0.25, 0.3) is 0 Å². The Labute approximate surface area is 214 Å². The van der Waals surface area contributed by atoms with Gasteiger partial charge in [-0.1, -0.05) is 13.8 Å². The van der Waals surface area contributed by atoms with E-state index in [2.05, 4.69) is 4.74 Å². The predicted octanol–water partition coefficient (Wildman–Crippen LogP) is -4.34. The topological polar surface area (TPSA) is 261 Å². The summed E-state index contributed by atoms with van der Waals surface area (Å²) in [5.74, 6) is 0. The molecule has 0 spiro atoms. The normalized spacial score (nSPS) is 12.3. The third kappa shape index (κ3) is 40.6. The van der Waals surface area contributed by atoms with E-state index in [4.69, 9.17) is 66.0 Å². The first-order valence-corrected chi connectivity index (χ1v) is 11.4. The largest absolute Gasteiger partial charge is 0.396 e. The molecule has 0 saturated heterocycles. The number of ether oxygens (including phenoxy) is 2. The monoisotopic (exact) mass is 542 g/mol. The van der Waals surface area contributed by atoms with E-state index in [1.54, 1.807) is 27.7 Å². The van der Waals surface area contributed by atoms with Gasteiger partial charge in [0.25, 0.3) is 0 Å². The minimum Gasteiger partial charge on any atom is -0.396 e. The molecule has 12 N–H and O–H groups in total. The number of hydrogen-bond donors (Lipinski definition) is 12. The van der Waals surface area contributed by atoms with Gasteiger partial charge in [-0.3, -0.25) is 0 Å². The Morgan fingerprint density at radius 1 is 0.583 bits per heavy atom. The molecule has 14 heteroatoms. The Bertz CT molecular complexity index is 339. The van der Waals surface area contributed by atoms with Crippen molar-refractivity contribution in [3.8, 4) is 0 Å². The Kier molecular flexibility index (Phi) is 43.4. The Morgan fingerprint density at radius 2 is 0.944 bits per heavy atom. The van der Waals surface area contributed by atoms with E-state index in [9.17, 15) is 0 Å². The molecule has 0 aliphatic rings. The predicted molar refractivity (Wildman–Crippen MR) is 132 cm³/mol. The van der Waals surface area contributed by atoms with Crippen LogP contribution < -0.4 is 0 Å². The molecule has 0 rings (SSSR count). The van der Waals surface area contributed by atoms with Crippen molar-refractivity contribution in [3.63, 3.8) is 0 Å². The van der Waals surface area contributed by atoms with E-state index in [0.717, 1.165) is 0 Å². The van der Waals surface area contributed by atoms with Gasteiger partial charge < -0.3 is 70.8 Å². The lowest BCUT2D eigenvalue weighted by Gasteiger charge is -2.23. The molecule has 0 bridgehead atoms. The summed E-state index contributed by atoms with van der Waals surface area (Å²) in [5.41, 5.74) is -1.42. The molecule has 0 aliphatic heterocycles. The van der Waals surface area contributed by atoms with Crippen molar-refractivity contribution in [2.75, 3.05) is 92.5 Å². The average molecular weight is 543 g/mol. The van der Waals surface area contributed by atoms with Crippen molar-refractivity contribution in [3.05, 3.63) is 0 Å². The maximum atomic E-state index is 8.69. The fourth-order valence-corrected chi connectivity index (χ4v) is 0.937. The van der Waals surface area contributed by atoms with Gasteiger partial charge >= 0.3 is 0 Å². The average Bonchev–Trinajstić information content (AvgIpc) is 2.90. The number of aliphatic hydroxyl groups excluding tert-OH is 12. The van der Waals surface area contributed by atoms with E-state index < -0.39 is 37.9 Å². The van der Waals surface area contributed by atoms with Crippen molar-refractivity contribution in [2.45, 2.75) is 39.9 Å². The van der Waals surface area contributed by atoms with Gasteiger partial charge in [-0.05, 0) is 13.8 Å². The molecule has 0 heterocycles. The van der Waals surface area contributed by atoms with E-state index in [0.29, 0.717) is 19.8 Å². The quantitative estimate of drug-likeness (QED) is 0.0873. The summed E-state index contributed by atoms with van der Waals surface area (Å²) in [4.78, 5) is 0. The van der Waals surface area contributed by atoms with Gasteiger partial charge in [-0.2, -0.15) is 0 Å². The summed E-state index contributed by atoms with van der Waals surface area (Å²) in [7, 11) is 0. The van der Waals surface area contributed by atoms with Crippen molar-refractivity contribution >= 4 is 0 Å². The van der Waals surface area contributed by atoms with Crippen LogP contribution in [0.4, 0.5) is 0 Å². The van der Waals surface area contributed by atoms with Crippen LogP contribution in [0, 0.1) is 10.8 Å². The van der Waals surface area contributed by atoms with Crippen LogP contribution in [0.1, 0.15) is 27.7 Å². The van der Waals surface area contributed by atoms with Crippen LogP contribution in [-0.4, -0.2) is 166 Å². The van der Waals surface area contributed by atoms with Crippen LogP contribution in [0.3, 0.4) is 0 Å². The zero-order chi connectivity index (χ0) is 29.5. The van der Waals surface area contributed by atoms with Gasteiger partial charge in [0.15, 0.2) is 0 Å². The molecule has 0 amide bonds. The van der Waals surface area contributed by atoms with Crippen molar-refractivity contribution in [1.82, 2.24) is 0 Å². The molecule has 0 aliphatic carbocycles. The zero-order valence-corrected chi connectivity index (χ0v) is 22.2. The summed E-state index contributed by atoms with van der Waals surface area (Å²) in [6.45, 7) is 6.20. The molecule has 2 unspecified atom stereocenters. The Hall–Kier alpha value is -0.560. The van der Waals surface area contributed by atoms with Gasteiger partial charge in [0.05, 0.1) is 110 Å². The Morgan fingerprint density at radius 3 is 1.08 bits per heavy atom. The van der Waals surface area contributed by atoms with E-state index >= 15 is 0 Å². The van der Waals surface area contributed by atoms with Gasteiger partial charge in [-0.25, -0.2) is 0 Å². The lowest BCUT2D eigenvalue weighted by molar-refractivity contribution is -0.0328. The second kappa shape index (κ2) is 34.4. The van der Waals surface area contributed by atoms with Gasteiger partial charge in [0.2, 0.25) is 0 Å². The summed E-state index contributed by atoms with van der Waals surface area (Å²) < 4.78 is 9.58. The fourth-order valence-electron chi connectivity index (χ4n) is 0.937. The molecule has 226 valence electrons. The minimum absolute atomic E-state index is 0.00667. The summed E-state index contributed by atoms with van der Waals surface area (Å²) >= 11 is 0. The van der Waals surface area contributed by atoms with Gasteiger partial charge in [-0.15, -0.1) is 0 Å². The van der Waals surface area contributed by atoms with Gasteiger partial charge in [0.1, 0.15) is 0 Å². The summed E-state index contributed by atoms with van der Waals surface area (Å²) in [5, 5.41) is 99.4. The Balaban J connectivity index is -0.000000114. The number of aliphatic hydroxyl groups is 12. The first kappa shape index (κ1) is 45.4. The summed E-state index contributed by atoms with van der Waals surface area (Å²) in [6, 6.07) is 0. The van der Waals surface area contributed by atoms with Crippen molar-refractivity contribution in [1.29, 1.82) is 0 Å². The lowest BCUT2D eigenvalue weighted by atomic mass is 9.93. The maximum absolute atomic E-state index is 8.69. The van der Waals surface area contributed by atoms with Crippen LogP contribution in [0.2, 0.25) is 0 Å². The van der Waals surface area contributed by atoms with Crippen LogP contribution in [-0.2, 0) is 9.47 Å². The summed E-state index contributed by atoms with van der Waals surface area (Å²) in [6.07, 6.45) is -0.612. The molecule has 0 aromatic carbocycles. The molecular weight excluding hydrogens is 488 g/mol. The lowest BCUT2D eigenvalue weighted by Crippen LogP contribution is -2.37. The molecule has 36 heavy (non-hydrogen) atoms. The second-order valence-corrected chi connectivity index (χ2v) is 8.30. The van der Waals surface area contributed by atoms with Crippen LogP contribution in [0.5, 0.6) is 0 Å². The van der Waals surface area contributed by atoms with E-state index in [-0.39, 0.29) is 57.8 Å². The van der Waals surface area contributed by atoms with Crippen molar-refractivity contribution in [2.24, 2.45) is 10.8 Å². The second-order valence-electron chi connectivity index (χ2n) is 8.30. The highest BCUT2D eigenvalue weighted by molar-refractivity contribution is 4.74. The molecular formula is C22H54O14. The van der Waals surface area contributed by atoms with Gasteiger partial charge in [0, 0.05) is 5.41 Å². The van der Waals surface area contributed by atoms with E-state index in [1.807, 2.05) is 0 Å². The number of hydrogen-bond acceptors (Lipinski definition) is 14. The number of rotatable bonds is 15. The third-order valence-electron chi connectivity index (χ3n) is 3.65. The molecule has 0 saturated carbocycles. The minimum atomic E-state index is -1.11. The first-order valence-electron chi connectivity index (χ1n) is 11.4. The highest BCUT2D eigenvalue weighted by Gasteiger charge is 2.26. The molecule has 0 aromatic rings. The standard InChI is InChI=1S/C6H14O3.C5H12O4.C5H12O2.C4H10O3.C2H6O2/c1-5(8)4-9-6(2)3-7;6-1-5(2-7,3-8)4-9;1-5(2,3-6)4-7;5-1-3-7-4-2-6;3-1-2-4/h5-8H,3-4H2,1-2H3;6-9H,1-4H2;6-7H,3-4H2,1-2H3;5-6H,1-4H2;3-4H,1-2H2. The zero-order valence-electron chi connectivity index (χ0n) is 22.2. The van der Waals surface area contributed by atoms with Crippen LogP contribution >= 0.6 is 0 Å². The third-order valence-corrected chi connectivity index (χ3v) is 3.65. The SMILES string of the molecule is CC(C)(CO)CO.CC(O)COC(C)CO.OCC(CO)(CO)CO.OCCO.OCCOCCO. The molecule has 0 aromatic heterocycles. The van der Waals surface area contributed by atoms with Crippen LogP contribution in [0.15, 0.2) is 0 Å². The maximum Gasteiger partial charge on any atom is 0.0779 e. The smallest absolute Gasteiger partial charge is 0.0779 e. The van der Waals surface area contributed by atoms with Crippen molar-refractivity contribution < 1.29 is 70.8 Å². The molecule has 2 atom stereocenters. The first-order chi connectivity index (χ1) is 16.9.